The summed E-state index contributed by atoms with van der Waals surface area (Å²) < 4.78 is 5.17. The number of hydrogen-bond acceptors (Lipinski definition) is 3. The second-order valence-electron chi connectivity index (χ2n) is 5.15. The second-order valence-corrected chi connectivity index (χ2v) is 5.15. The van der Waals surface area contributed by atoms with Crippen molar-refractivity contribution in [3.05, 3.63) is 35.9 Å². The Kier molecular flexibility index (Phi) is 4.02. The van der Waals surface area contributed by atoms with Crippen LogP contribution in [0.1, 0.15) is 44.7 Å². The third-order valence-electron chi connectivity index (χ3n) is 3.61. The van der Waals surface area contributed by atoms with Gasteiger partial charge in [0.05, 0.1) is 6.61 Å². The van der Waals surface area contributed by atoms with Crippen molar-refractivity contribution in [1.82, 2.24) is 5.32 Å². The molecule has 0 bridgehead atoms. The molecule has 1 atom stereocenters. The van der Waals surface area contributed by atoms with Gasteiger partial charge >= 0.3 is 5.97 Å². The Labute approximate surface area is 109 Å². The molecule has 1 saturated carbocycles. The molecule has 3 nitrogen and oxygen atoms in total. The zero-order chi connectivity index (χ0) is 13.0. The summed E-state index contributed by atoms with van der Waals surface area (Å²) in [5.74, 6) is -0.183. The number of nitrogens with one attached hydrogen (secondary N) is 1. The number of esters is 1. The maximum Gasteiger partial charge on any atom is 0.327 e. The van der Waals surface area contributed by atoms with Crippen molar-refractivity contribution in [3.8, 4) is 0 Å². The van der Waals surface area contributed by atoms with Crippen LogP contribution in [0.3, 0.4) is 0 Å². The Hall–Kier alpha value is -1.35. The molecule has 3 heteroatoms. The van der Waals surface area contributed by atoms with Gasteiger partial charge in [-0.3, -0.25) is 5.32 Å². The normalized spacial score (nSPS) is 18.8. The first-order chi connectivity index (χ1) is 8.64. The quantitative estimate of drug-likeness (QED) is 0.813. The van der Waals surface area contributed by atoms with Gasteiger partial charge in [0, 0.05) is 5.54 Å². The summed E-state index contributed by atoms with van der Waals surface area (Å²) in [6.07, 6.45) is 3.47. The van der Waals surface area contributed by atoms with E-state index in [1.807, 2.05) is 37.3 Å². The smallest absolute Gasteiger partial charge is 0.327 e. The Balaban J connectivity index is 2.15. The van der Waals surface area contributed by atoms with Crippen LogP contribution >= 0.6 is 0 Å². The van der Waals surface area contributed by atoms with Crippen LogP contribution < -0.4 is 5.32 Å². The van der Waals surface area contributed by atoms with E-state index in [-0.39, 0.29) is 17.6 Å². The molecule has 0 amide bonds. The number of rotatable bonds is 5. The van der Waals surface area contributed by atoms with Crippen LogP contribution in [-0.2, 0) is 9.53 Å². The molecule has 18 heavy (non-hydrogen) atoms. The van der Waals surface area contributed by atoms with Crippen LogP contribution in [0.15, 0.2) is 30.3 Å². The Morgan fingerprint density at radius 3 is 2.56 bits per heavy atom. The van der Waals surface area contributed by atoms with Gasteiger partial charge in [0.15, 0.2) is 0 Å². The van der Waals surface area contributed by atoms with E-state index in [4.69, 9.17) is 4.74 Å². The SMILES string of the molecule is CCOC(=O)C(NC1(C)CCC1)c1ccccc1. The standard InChI is InChI=1S/C15H21NO2/c1-3-18-14(17)13(12-8-5-4-6-9-12)16-15(2)10-7-11-15/h4-6,8-9,13,16H,3,7,10-11H2,1-2H3. The van der Waals surface area contributed by atoms with E-state index >= 15 is 0 Å². The molecule has 1 aromatic carbocycles. The van der Waals surface area contributed by atoms with E-state index in [0.717, 1.165) is 18.4 Å². The summed E-state index contributed by atoms with van der Waals surface area (Å²) in [5, 5.41) is 3.46. The van der Waals surface area contributed by atoms with Gasteiger partial charge in [-0.2, -0.15) is 0 Å². The predicted molar refractivity (Wildman–Crippen MR) is 71.2 cm³/mol. The van der Waals surface area contributed by atoms with E-state index in [1.54, 1.807) is 0 Å². The maximum atomic E-state index is 12.1. The molecule has 2 rings (SSSR count). The summed E-state index contributed by atoms with van der Waals surface area (Å²) in [6.45, 7) is 4.43. The molecule has 0 saturated heterocycles. The molecule has 1 aliphatic carbocycles. The summed E-state index contributed by atoms with van der Waals surface area (Å²) in [7, 11) is 0. The highest BCUT2D eigenvalue weighted by Gasteiger charge is 2.36. The predicted octanol–water partition coefficient (Wildman–Crippen LogP) is 2.82. The summed E-state index contributed by atoms with van der Waals surface area (Å²) >= 11 is 0. The lowest BCUT2D eigenvalue weighted by Crippen LogP contribution is -2.51. The molecule has 0 heterocycles. The minimum absolute atomic E-state index is 0.0767. The topological polar surface area (TPSA) is 38.3 Å². The largest absolute Gasteiger partial charge is 0.465 e. The number of carbonyl (C=O) groups excluding carboxylic acids is 1. The lowest BCUT2D eigenvalue weighted by Gasteiger charge is -2.41. The number of benzene rings is 1. The lowest BCUT2D eigenvalue weighted by molar-refractivity contribution is -0.146. The van der Waals surface area contributed by atoms with Crippen molar-refractivity contribution in [2.24, 2.45) is 0 Å². The minimum atomic E-state index is -0.351. The number of ether oxygens (including phenoxy) is 1. The molecule has 0 radical (unpaired) electrons. The molecule has 0 spiro atoms. The molecule has 0 aromatic heterocycles. The fourth-order valence-corrected chi connectivity index (χ4v) is 2.35. The maximum absolute atomic E-state index is 12.1. The van der Waals surface area contributed by atoms with Gasteiger partial charge in [-0.15, -0.1) is 0 Å². The molecular weight excluding hydrogens is 226 g/mol. The van der Waals surface area contributed by atoms with Crippen LogP contribution in [0.5, 0.6) is 0 Å². The highest BCUT2D eigenvalue weighted by molar-refractivity contribution is 5.77. The Bertz CT molecular complexity index is 398. The second kappa shape index (κ2) is 5.53. The molecule has 1 aliphatic rings. The van der Waals surface area contributed by atoms with E-state index in [0.29, 0.717) is 6.61 Å². The minimum Gasteiger partial charge on any atom is -0.465 e. The van der Waals surface area contributed by atoms with Crippen molar-refractivity contribution in [2.75, 3.05) is 6.61 Å². The van der Waals surface area contributed by atoms with Gasteiger partial charge in [0.1, 0.15) is 6.04 Å². The van der Waals surface area contributed by atoms with E-state index < -0.39 is 0 Å². The van der Waals surface area contributed by atoms with Crippen LogP contribution in [0.2, 0.25) is 0 Å². The molecule has 1 aromatic rings. The molecule has 1 fully saturated rings. The van der Waals surface area contributed by atoms with E-state index in [2.05, 4.69) is 12.2 Å². The Morgan fingerprint density at radius 1 is 1.39 bits per heavy atom. The first-order valence-corrected chi connectivity index (χ1v) is 6.64. The van der Waals surface area contributed by atoms with Crippen molar-refractivity contribution in [2.45, 2.75) is 44.7 Å². The van der Waals surface area contributed by atoms with Crippen molar-refractivity contribution in [1.29, 1.82) is 0 Å². The molecule has 98 valence electrons. The Morgan fingerprint density at radius 2 is 2.06 bits per heavy atom. The first-order valence-electron chi connectivity index (χ1n) is 6.64. The van der Waals surface area contributed by atoms with Gasteiger partial charge in [0.25, 0.3) is 0 Å². The van der Waals surface area contributed by atoms with Crippen LogP contribution in [-0.4, -0.2) is 18.1 Å². The zero-order valence-electron chi connectivity index (χ0n) is 11.1. The average Bonchev–Trinajstić information content (AvgIpc) is 2.35. The van der Waals surface area contributed by atoms with Crippen LogP contribution in [0, 0.1) is 0 Å². The number of hydrogen-bond donors (Lipinski definition) is 1. The van der Waals surface area contributed by atoms with Gasteiger partial charge in [-0.1, -0.05) is 30.3 Å². The highest BCUT2D eigenvalue weighted by Crippen LogP contribution is 2.33. The van der Waals surface area contributed by atoms with Gasteiger partial charge in [-0.25, -0.2) is 4.79 Å². The van der Waals surface area contributed by atoms with Crippen LogP contribution in [0.4, 0.5) is 0 Å². The molecule has 1 N–H and O–H groups in total. The molecule has 0 aliphatic heterocycles. The van der Waals surface area contributed by atoms with E-state index in [9.17, 15) is 4.79 Å². The monoisotopic (exact) mass is 247 g/mol. The third kappa shape index (κ3) is 2.91. The summed E-state index contributed by atoms with van der Waals surface area (Å²) in [4.78, 5) is 12.1. The molecular formula is C15H21NO2. The van der Waals surface area contributed by atoms with Crippen molar-refractivity contribution < 1.29 is 9.53 Å². The fraction of sp³-hybridized carbons (Fsp3) is 0.533. The van der Waals surface area contributed by atoms with Crippen molar-refractivity contribution >= 4 is 5.97 Å². The lowest BCUT2D eigenvalue weighted by atomic mass is 9.77. The average molecular weight is 247 g/mol. The highest BCUT2D eigenvalue weighted by atomic mass is 16.5. The van der Waals surface area contributed by atoms with Crippen molar-refractivity contribution in [3.63, 3.8) is 0 Å². The summed E-state index contributed by atoms with van der Waals surface area (Å²) in [5.41, 5.74) is 1.05. The number of carbonyl (C=O) groups is 1. The van der Waals surface area contributed by atoms with Gasteiger partial charge in [-0.05, 0) is 38.7 Å². The third-order valence-corrected chi connectivity index (χ3v) is 3.61. The fourth-order valence-electron chi connectivity index (χ4n) is 2.35. The van der Waals surface area contributed by atoms with E-state index in [1.165, 1.54) is 6.42 Å². The van der Waals surface area contributed by atoms with Crippen LogP contribution in [0.25, 0.3) is 0 Å². The van der Waals surface area contributed by atoms with Gasteiger partial charge < -0.3 is 4.74 Å². The molecule has 1 unspecified atom stereocenters. The zero-order valence-corrected chi connectivity index (χ0v) is 11.1. The summed E-state index contributed by atoms with van der Waals surface area (Å²) in [6, 6.07) is 9.44. The van der Waals surface area contributed by atoms with Gasteiger partial charge in [0.2, 0.25) is 0 Å². The first kappa shape index (κ1) is 13.1.